The van der Waals surface area contributed by atoms with Gasteiger partial charge in [0.1, 0.15) is 5.82 Å². The Labute approximate surface area is 134 Å². The van der Waals surface area contributed by atoms with E-state index in [9.17, 15) is 9.18 Å². The number of anilines is 1. The third-order valence-corrected chi connectivity index (χ3v) is 3.67. The second-order valence-corrected chi connectivity index (χ2v) is 5.51. The Balaban J connectivity index is 2.02. The maximum Gasteiger partial charge on any atom is 0.319 e. The molecule has 2 N–H and O–H groups in total. The number of benzene rings is 2. The Kier molecular flexibility index (Phi) is 5.39. The number of carbonyl (C=O) groups is 1. The molecule has 0 saturated heterocycles. The van der Waals surface area contributed by atoms with Crippen LogP contribution in [0.1, 0.15) is 30.5 Å². The molecule has 0 bridgehead atoms. The normalized spacial score (nSPS) is 11.8. The van der Waals surface area contributed by atoms with Gasteiger partial charge in [-0.1, -0.05) is 36.7 Å². The minimum atomic E-state index is -0.370. The van der Waals surface area contributed by atoms with Crippen molar-refractivity contribution in [3.05, 3.63) is 64.4 Å². The van der Waals surface area contributed by atoms with Crippen LogP contribution >= 0.6 is 11.6 Å². The first kappa shape index (κ1) is 16.3. The first-order valence-electron chi connectivity index (χ1n) is 7.08. The summed E-state index contributed by atoms with van der Waals surface area (Å²) in [5.41, 5.74) is 1.93. The van der Waals surface area contributed by atoms with E-state index in [0.717, 1.165) is 12.0 Å². The standard InChI is InChI=1S/C17H18ClFN2O/c1-3-16(12-5-7-13(18)8-6-12)21-17(22)20-14-9-4-11(2)15(19)10-14/h4-10,16H,3H2,1-2H3,(H2,20,21,22). The molecule has 1 atom stereocenters. The molecular formula is C17H18ClFN2O. The van der Waals surface area contributed by atoms with Crippen molar-refractivity contribution in [2.24, 2.45) is 0 Å². The Morgan fingerprint density at radius 2 is 1.91 bits per heavy atom. The van der Waals surface area contributed by atoms with Crippen LogP contribution in [0.2, 0.25) is 5.02 Å². The van der Waals surface area contributed by atoms with Crippen LogP contribution in [-0.4, -0.2) is 6.03 Å². The number of aryl methyl sites for hydroxylation is 1. The fourth-order valence-corrected chi connectivity index (χ4v) is 2.24. The van der Waals surface area contributed by atoms with Gasteiger partial charge in [0.2, 0.25) is 0 Å². The minimum absolute atomic E-state index is 0.132. The molecule has 3 nitrogen and oxygen atoms in total. The number of hydrogen-bond donors (Lipinski definition) is 2. The van der Waals surface area contributed by atoms with Crippen LogP contribution in [0.5, 0.6) is 0 Å². The summed E-state index contributed by atoms with van der Waals surface area (Å²) < 4.78 is 13.5. The molecular weight excluding hydrogens is 303 g/mol. The highest BCUT2D eigenvalue weighted by atomic mass is 35.5. The molecule has 116 valence electrons. The van der Waals surface area contributed by atoms with Gasteiger partial charge in [0, 0.05) is 10.7 Å². The highest BCUT2D eigenvalue weighted by Crippen LogP contribution is 2.20. The van der Waals surface area contributed by atoms with E-state index in [1.54, 1.807) is 31.2 Å². The zero-order valence-electron chi connectivity index (χ0n) is 12.5. The van der Waals surface area contributed by atoms with Crippen molar-refractivity contribution < 1.29 is 9.18 Å². The highest BCUT2D eigenvalue weighted by Gasteiger charge is 2.13. The lowest BCUT2D eigenvalue weighted by molar-refractivity contribution is 0.248. The predicted octanol–water partition coefficient (Wildman–Crippen LogP) is 5.06. The van der Waals surface area contributed by atoms with E-state index in [4.69, 9.17) is 11.6 Å². The van der Waals surface area contributed by atoms with E-state index in [1.165, 1.54) is 6.07 Å². The summed E-state index contributed by atoms with van der Waals surface area (Å²) in [4.78, 5) is 12.0. The molecule has 0 aromatic heterocycles. The number of nitrogens with one attached hydrogen (secondary N) is 2. The van der Waals surface area contributed by atoms with Crippen molar-refractivity contribution in [2.45, 2.75) is 26.3 Å². The summed E-state index contributed by atoms with van der Waals surface area (Å²) in [5, 5.41) is 6.16. The van der Waals surface area contributed by atoms with Crippen molar-refractivity contribution in [1.29, 1.82) is 0 Å². The lowest BCUT2D eigenvalue weighted by Gasteiger charge is -2.18. The number of urea groups is 1. The Morgan fingerprint density at radius 3 is 2.50 bits per heavy atom. The average Bonchev–Trinajstić information content (AvgIpc) is 2.49. The average molecular weight is 321 g/mol. The molecule has 0 radical (unpaired) electrons. The van der Waals surface area contributed by atoms with Crippen molar-refractivity contribution in [1.82, 2.24) is 5.32 Å². The molecule has 2 amide bonds. The van der Waals surface area contributed by atoms with Gasteiger partial charge in [-0.3, -0.25) is 0 Å². The van der Waals surface area contributed by atoms with Gasteiger partial charge < -0.3 is 10.6 Å². The van der Waals surface area contributed by atoms with E-state index < -0.39 is 0 Å². The van der Waals surface area contributed by atoms with Crippen molar-refractivity contribution in [3.63, 3.8) is 0 Å². The summed E-state index contributed by atoms with van der Waals surface area (Å²) in [5.74, 6) is -0.345. The van der Waals surface area contributed by atoms with E-state index in [-0.39, 0.29) is 17.9 Å². The first-order valence-corrected chi connectivity index (χ1v) is 7.46. The van der Waals surface area contributed by atoms with Crippen molar-refractivity contribution in [3.8, 4) is 0 Å². The highest BCUT2D eigenvalue weighted by molar-refractivity contribution is 6.30. The third-order valence-electron chi connectivity index (χ3n) is 3.42. The summed E-state index contributed by atoms with van der Waals surface area (Å²) in [6.45, 7) is 3.65. The van der Waals surface area contributed by atoms with Crippen LogP contribution in [0, 0.1) is 12.7 Å². The lowest BCUT2D eigenvalue weighted by atomic mass is 10.1. The molecule has 0 spiro atoms. The van der Waals surface area contributed by atoms with Gasteiger partial charge in [-0.05, 0) is 48.7 Å². The molecule has 22 heavy (non-hydrogen) atoms. The Hall–Kier alpha value is -2.07. The number of halogens is 2. The zero-order chi connectivity index (χ0) is 16.1. The molecule has 0 heterocycles. The number of carbonyl (C=O) groups excluding carboxylic acids is 1. The lowest BCUT2D eigenvalue weighted by Crippen LogP contribution is -2.32. The SMILES string of the molecule is CCC(NC(=O)Nc1ccc(C)c(F)c1)c1ccc(Cl)cc1. The number of amides is 2. The van der Waals surface area contributed by atoms with Crippen LogP contribution in [0.4, 0.5) is 14.9 Å². The summed E-state index contributed by atoms with van der Waals surface area (Å²) in [6, 6.07) is 11.4. The van der Waals surface area contributed by atoms with Gasteiger partial charge >= 0.3 is 6.03 Å². The summed E-state index contributed by atoms with van der Waals surface area (Å²) in [7, 11) is 0. The topological polar surface area (TPSA) is 41.1 Å². The Bertz CT molecular complexity index is 658. The number of rotatable bonds is 4. The zero-order valence-corrected chi connectivity index (χ0v) is 13.2. The first-order chi connectivity index (χ1) is 10.5. The third kappa shape index (κ3) is 4.21. The Morgan fingerprint density at radius 1 is 1.23 bits per heavy atom. The maximum atomic E-state index is 13.5. The quantitative estimate of drug-likeness (QED) is 0.812. The summed E-state index contributed by atoms with van der Waals surface area (Å²) >= 11 is 5.86. The molecule has 0 aliphatic rings. The largest absolute Gasteiger partial charge is 0.331 e. The molecule has 2 rings (SSSR count). The van der Waals surface area contributed by atoms with Gasteiger partial charge in [0.25, 0.3) is 0 Å². The van der Waals surface area contributed by atoms with Gasteiger partial charge in [0.15, 0.2) is 0 Å². The molecule has 0 fully saturated rings. The van der Waals surface area contributed by atoms with Crippen LogP contribution in [-0.2, 0) is 0 Å². The van der Waals surface area contributed by atoms with Gasteiger partial charge in [-0.15, -0.1) is 0 Å². The van der Waals surface area contributed by atoms with Gasteiger partial charge in [-0.2, -0.15) is 0 Å². The van der Waals surface area contributed by atoms with Crippen LogP contribution in [0.15, 0.2) is 42.5 Å². The second kappa shape index (κ2) is 7.27. The smallest absolute Gasteiger partial charge is 0.319 e. The van der Waals surface area contributed by atoms with Crippen molar-refractivity contribution in [2.75, 3.05) is 5.32 Å². The molecule has 5 heteroatoms. The van der Waals surface area contributed by atoms with E-state index >= 15 is 0 Å². The molecule has 2 aromatic rings. The van der Waals surface area contributed by atoms with E-state index in [2.05, 4.69) is 10.6 Å². The molecule has 0 aliphatic heterocycles. The second-order valence-electron chi connectivity index (χ2n) is 5.07. The summed E-state index contributed by atoms with van der Waals surface area (Å²) in [6.07, 6.45) is 0.733. The molecule has 2 aromatic carbocycles. The monoisotopic (exact) mass is 320 g/mol. The van der Waals surface area contributed by atoms with E-state index in [1.807, 2.05) is 19.1 Å². The minimum Gasteiger partial charge on any atom is -0.331 e. The van der Waals surface area contributed by atoms with Crippen LogP contribution in [0.3, 0.4) is 0 Å². The molecule has 0 aliphatic carbocycles. The van der Waals surface area contributed by atoms with Crippen LogP contribution in [0.25, 0.3) is 0 Å². The fraction of sp³-hybridized carbons (Fsp3) is 0.235. The molecule has 1 unspecified atom stereocenters. The molecule has 0 saturated carbocycles. The van der Waals surface area contributed by atoms with E-state index in [0.29, 0.717) is 16.3 Å². The predicted molar refractivity (Wildman–Crippen MR) is 87.8 cm³/mol. The van der Waals surface area contributed by atoms with Gasteiger partial charge in [-0.25, -0.2) is 9.18 Å². The maximum absolute atomic E-state index is 13.5. The van der Waals surface area contributed by atoms with Gasteiger partial charge in [0.05, 0.1) is 6.04 Å². The fourth-order valence-electron chi connectivity index (χ4n) is 2.11. The number of hydrogen-bond acceptors (Lipinski definition) is 1. The van der Waals surface area contributed by atoms with Crippen molar-refractivity contribution >= 4 is 23.3 Å². The van der Waals surface area contributed by atoms with Crippen LogP contribution < -0.4 is 10.6 Å².